The number of methoxy groups -OCH3 is 1. The van der Waals surface area contributed by atoms with Gasteiger partial charge < -0.3 is 15.0 Å². The Balaban J connectivity index is 2.33. The van der Waals surface area contributed by atoms with Gasteiger partial charge in [-0.1, -0.05) is 6.92 Å². The fourth-order valence-corrected chi connectivity index (χ4v) is 2.29. The second kappa shape index (κ2) is 7.36. The first kappa shape index (κ1) is 15.0. The zero-order valence-electron chi connectivity index (χ0n) is 11.6. The predicted octanol–water partition coefficient (Wildman–Crippen LogP) is 0.786. The van der Waals surface area contributed by atoms with Gasteiger partial charge >= 0.3 is 5.97 Å². The normalized spacial score (nSPS) is 23.5. The van der Waals surface area contributed by atoms with Crippen LogP contribution in [0.5, 0.6) is 0 Å². The number of rotatable bonds is 5. The van der Waals surface area contributed by atoms with Crippen molar-refractivity contribution in [1.29, 1.82) is 0 Å². The SMILES string of the molecule is COC(=O)CCCN(C)C(=O)C1NCCCC1C. The van der Waals surface area contributed by atoms with Crippen LogP contribution in [-0.4, -0.2) is 50.1 Å². The van der Waals surface area contributed by atoms with Gasteiger partial charge in [0.25, 0.3) is 0 Å². The molecule has 1 fully saturated rings. The fraction of sp³-hybridized carbons (Fsp3) is 0.846. The Morgan fingerprint density at radius 1 is 1.44 bits per heavy atom. The molecule has 2 unspecified atom stereocenters. The largest absolute Gasteiger partial charge is 0.469 e. The summed E-state index contributed by atoms with van der Waals surface area (Å²) in [6, 6.07) is -0.0677. The number of nitrogens with zero attached hydrogens (tertiary/aromatic N) is 1. The van der Waals surface area contributed by atoms with E-state index >= 15 is 0 Å². The lowest BCUT2D eigenvalue weighted by Gasteiger charge is -2.32. The smallest absolute Gasteiger partial charge is 0.305 e. The summed E-state index contributed by atoms with van der Waals surface area (Å²) in [7, 11) is 3.17. The van der Waals surface area contributed by atoms with Crippen LogP contribution < -0.4 is 5.32 Å². The van der Waals surface area contributed by atoms with Gasteiger partial charge in [-0.25, -0.2) is 0 Å². The van der Waals surface area contributed by atoms with E-state index in [2.05, 4.69) is 17.0 Å². The highest BCUT2D eigenvalue weighted by molar-refractivity contribution is 5.82. The molecule has 1 aliphatic rings. The van der Waals surface area contributed by atoms with E-state index in [1.54, 1.807) is 11.9 Å². The number of piperidine rings is 1. The Bertz CT molecular complexity index is 294. The van der Waals surface area contributed by atoms with Crippen molar-refractivity contribution < 1.29 is 14.3 Å². The van der Waals surface area contributed by atoms with Crippen molar-refractivity contribution in [3.05, 3.63) is 0 Å². The molecule has 0 radical (unpaired) electrons. The minimum absolute atomic E-state index is 0.0677. The van der Waals surface area contributed by atoms with Gasteiger partial charge in [-0.05, 0) is 31.7 Å². The van der Waals surface area contributed by atoms with Gasteiger partial charge in [0, 0.05) is 20.0 Å². The number of esters is 1. The van der Waals surface area contributed by atoms with Crippen LogP contribution in [0.15, 0.2) is 0 Å². The summed E-state index contributed by atoms with van der Waals surface area (Å²) in [5.74, 6) is 0.293. The Morgan fingerprint density at radius 3 is 2.78 bits per heavy atom. The maximum absolute atomic E-state index is 12.2. The molecule has 1 rings (SSSR count). The number of amides is 1. The van der Waals surface area contributed by atoms with Gasteiger partial charge in [-0.3, -0.25) is 9.59 Å². The van der Waals surface area contributed by atoms with E-state index in [-0.39, 0.29) is 17.9 Å². The summed E-state index contributed by atoms with van der Waals surface area (Å²) < 4.78 is 4.57. The molecule has 0 spiro atoms. The number of likely N-dealkylation sites (N-methyl/N-ethyl adjacent to an activating group) is 1. The third-order valence-electron chi connectivity index (χ3n) is 3.51. The molecule has 5 heteroatoms. The minimum atomic E-state index is -0.222. The van der Waals surface area contributed by atoms with E-state index in [1.165, 1.54) is 7.11 Å². The van der Waals surface area contributed by atoms with Crippen LogP contribution >= 0.6 is 0 Å². The molecule has 5 nitrogen and oxygen atoms in total. The van der Waals surface area contributed by atoms with E-state index in [9.17, 15) is 9.59 Å². The van der Waals surface area contributed by atoms with Gasteiger partial charge in [0.15, 0.2) is 0 Å². The van der Waals surface area contributed by atoms with Gasteiger partial charge in [0.05, 0.1) is 13.2 Å². The fourth-order valence-electron chi connectivity index (χ4n) is 2.29. The molecule has 1 N–H and O–H groups in total. The topological polar surface area (TPSA) is 58.6 Å². The van der Waals surface area contributed by atoms with E-state index in [0.717, 1.165) is 19.4 Å². The second-order valence-corrected chi connectivity index (χ2v) is 4.99. The quantitative estimate of drug-likeness (QED) is 0.739. The Kier molecular flexibility index (Phi) is 6.12. The van der Waals surface area contributed by atoms with Crippen molar-refractivity contribution in [2.24, 2.45) is 5.92 Å². The molecule has 1 aliphatic heterocycles. The number of carbonyl (C=O) groups is 2. The number of carbonyl (C=O) groups excluding carboxylic acids is 2. The number of nitrogens with one attached hydrogen (secondary N) is 1. The highest BCUT2D eigenvalue weighted by Crippen LogP contribution is 2.17. The van der Waals surface area contributed by atoms with Gasteiger partial charge in [0.1, 0.15) is 0 Å². The van der Waals surface area contributed by atoms with Crippen LogP contribution in [0.2, 0.25) is 0 Å². The number of hydrogen-bond acceptors (Lipinski definition) is 4. The average molecular weight is 256 g/mol. The summed E-state index contributed by atoms with van der Waals surface area (Å²) in [6.07, 6.45) is 3.24. The molecule has 1 saturated heterocycles. The second-order valence-electron chi connectivity index (χ2n) is 4.99. The highest BCUT2D eigenvalue weighted by Gasteiger charge is 2.29. The molecular weight excluding hydrogens is 232 g/mol. The molecule has 1 amide bonds. The van der Waals surface area contributed by atoms with Crippen molar-refractivity contribution in [3.63, 3.8) is 0 Å². The lowest BCUT2D eigenvalue weighted by atomic mass is 9.92. The summed E-state index contributed by atoms with van der Waals surface area (Å²) >= 11 is 0. The van der Waals surface area contributed by atoms with Crippen LogP contribution in [0, 0.1) is 5.92 Å². The van der Waals surface area contributed by atoms with Crippen molar-refractivity contribution in [1.82, 2.24) is 10.2 Å². The maximum atomic E-state index is 12.2. The van der Waals surface area contributed by atoms with E-state index in [4.69, 9.17) is 0 Å². The van der Waals surface area contributed by atoms with Gasteiger partial charge in [0.2, 0.25) is 5.91 Å². The summed E-state index contributed by atoms with van der Waals surface area (Å²) in [4.78, 5) is 24.9. The monoisotopic (exact) mass is 256 g/mol. The summed E-state index contributed by atoms with van der Waals surface area (Å²) in [5, 5.41) is 3.28. The lowest BCUT2D eigenvalue weighted by Crippen LogP contribution is -2.51. The molecule has 0 bridgehead atoms. The first-order valence-electron chi connectivity index (χ1n) is 6.61. The number of hydrogen-bond donors (Lipinski definition) is 1. The molecular formula is C13H24N2O3. The molecule has 0 aromatic carbocycles. The first-order valence-corrected chi connectivity index (χ1v) is 6.61. The van der Waals surface area contributed by atoms with Crippen molar-refractivity contribution in [2.75, 3.05) is 27.2 Å². The molecule has 104 valence electrons. The van der Waals surface area contributed by atoms with Crippen LogP contribution in [0.4, 0.5) is 0 Å². The lowest BCUT2D eigenvalue weighted by molar-refractivity contribution is -0.141. The zero-order chi connectivity index (χ0) is 13.5. The molecule has 1 heterocycles. The molecule has 0 saturated carbocycles. The standard InChI is InChI=1S/C13H24N2O3/c1-10-6-4-8-14-12(10)13(17)15(2)9-5-7-11(16)18-3/h10,12,14H,4-9H2,1-3H3. The molecule has 2 atom stereocenters. The maximum Gasteiger partial charge on any atom is 0.305 e. The third kappa shape index (κ3) is 4.29. The number of ether oxygens (including phenoxy) is 1. The van der Waals surface area contributed by atoms with Crippen LogP contribution in [0.3, 0.4) is 0 Å². The summed E-state index contributed by atoms with van der Waals surface area (Å²) in [6.45, 7) is 3.62. The van der Waals surface area contributed by atoms with Crippen molar-refractivity contribution in [3.8, 4) is 0 Å². The van der Waals surface area contributed by atoms with E-state index in [0.29, 0.717) is 25.3 Å². The average Bonchev–Trinajstić information content (AvgIpc) is 2.38. The predicted molar refractivity (Wildman–Crippen MR) is 69.1 cm³/mol. The first-order chi connectivity index (χ1) is 8.56. The summed E-state index contributed by atoms with van der Waals surface area (Å²) in [5.41, 5.74) is 0. The Labute approximate surface area is 109 Å². The molecule has 0 aromatic heterocycles. The zero-order valence-corrected chi connectivity index (χ0v) is 11.6. The van der Waals surface area contributed by atoms with Gasteiger partial charge in [-0.15, -0.1) is 0 Å². The molecule has 18 heavy (non-hydrogen) atoms. The van der Waals surface area contributed by atoms with Crippen molar-refractivity contribution >= 4 is 11.9 Å². The Hall–Kier alpha value is -1.10. The van der Waals surface area contributed by atoms with E-state index < -0.39 is 0 Å². The highest BCUT2D eigenvalue weighted by atomic mass is 16.5. The minimum Gasteiger partial charge on any atom is -0.469 e. The Morgan fingerprint density at radius 2 is 2.17 bits per heavy atom. The van der Waals surface area contributed by atoms with Crippen LogP contribution in [0.1, 0.15) is 32.6 Å². The van der Waals surface area contributed by atoms with Crippen LogP contribution in [0.25, 0.3) is 0 Å². The van der Waals surface area contributed by atoms with Gasteiger partial charge in [-0.2, -0.15) is 0 Å². The van der Waals surface area contributed by atoms with Crippen molar-refractivity contribution in [2.45, 2.75) is 38.6 Å². The molecule has 0 aromatic rings. The van der Waals surface area contributed by atoms with E-state index in [1.807, 2.05) is 0 Å². The third-order valence-corrected chi connectivity index (χ3v) is 3.51. The molecule has 0 aliphatic carbocycles. The van der Waals surface area contributed by atoms with Crippen LogP contribution in [-0.2, 0) is 14.3 Å².